The summed E-state index contributed by atoms with van der Waals surface area (Å²) >= 11 is 0. The summed E-state index contributed by atoms with van der Waals surface area (Å²) in [4.78, 5) is 4.53. The molecule has 1 aliphatic rings. The molecule has 2 heterocycles. The van der Waals surface area contributed by atoms with Gasteiger partial charge in [-0.3, -0.25) is 9.25 Å². The number of imidazole rings is 1. The Bertz CT molecular complexity index is 618. The second kappa shape index (κ2) is 4.77. The van der Waals surface area contributed by atoms with Gasteiger partial charge in [0.25, 0.3) is 0 Å². The molecular weight excluding hydrogens is 254 g/mol. The lowest BCUT2D eigenvalue weighted by atomic mass is 9.80. The summed E-state index contributed by atoms with van der Waals surface area (Å²) in [5.74, 6) is 0.564. The minimum atomic E-state index is -0.0725. The molecule has 0 saturated heterocycles. The number of rotatable bonds is 5. The van der Waals surface area contributed by atoms with Crippen molar-refractivity contribution in [1.29, 1.82) is 0 Å². The smallest absolute Gasteiger partial charge is 0.202 e. The maximum absolute atomic E-state index is 6.13. The van der Waals surface area contributed by atoms with E-state index in [0.717, 1.165) is 49.1 Å². The minimum absolute atomic E-state index is 0.0725. The average Bonchev–Trinajstić information content (AvgIpc) is 2.84. The number of aromatic nitrogens is 4. The zero-order chi connectivity index (χ0) is 14.3. The van der Waals surface area contributed by atoms with Gasteiger partial charge < -0.3 is 10.5 Å². The molecule has 6 nitrogen and oxygen atoms in total. The van der Waals surface area contributed by atoms with Gasteiger partial charge in [-0.15, -0.1) is 0 Å². The number of ether oxygens (including phenoxy) is 1. The summed E-state index contributed by atoms with van der Waals surface area (Å²) in [6.45, 7) is 2.91. The Morgan fingerprint density at radius 1 is 1.40 bits per heavy atom. The van der Waals surface area contributed by atoms with Crippen molar-refractivity contribution in [2.45, 2.75) is 51.2 Å². The molecule has 0 unspecified atom stereocenters. The van der Waals surface area contributed by atoms with Crippen LogP contribution in [0.25, 0.3) is 11.2 Å². The highest BCUT2D eigenvalue weighted by molar-refractivity contribution is 5.77. The molecule has 0 spiro atoms. The largest absolute Gasteiger partial charge is 0.376 e. The Kier molecular flexibility index (Phi) is 3.20. The minimum Gasteiger partial charge on any atom is -0.376 e. The van der Waals surface area contributed by atoms with Gasteiger partial charge in [0.05, 0.1) is 17.8 Å². The van der Waals surface area contributed by atoms with E-state index in [2.05, 4.69) is 21.6 Å². The van der Waals surface area contributed by atoms with Crippen LogP contribution < -0.4 is 5.73 Å². The summed E-state index contributed by atoms with van der Waals surface area (Å²) in [5, 5.41) is 4.58. The van der Waals surface area contributed by atoms with Crippen LogP contribution in [-0.4, -0.2) is 32.0 Å². The number of nitrogens with two attached hydrogens (primary N) is 1. The molecule has 2 aromatic heterocycles. The number of fused-ring (bicyclic) bond motifs is 1. The highest BCUT2D eigenvalue weighted by atomic mass is 16.5. The second-order valence-electron chi connectivity index (χ2n) is 5.79. The van der Waals surface area contributed by atoms with Gasteiger partial charge in [-0.2, -0.15) is 5.10 Å². The normalized spacial score (nSPS) is 17.6. The van der Waals surface area contributed by atoms with Crippen LogP contribution in [-0.2, 0) is 24.8 Å². The molecule has 0 atom stereocenters. The zero-order valence-electron chi connectivity index (χ0n) is 12.5. The molecule has 1 fully saturated rings. The number of hydrogen-bond acceptors (Lipinski definition) is 4. The monoisotopic (exact) mass is 277 g/mol. The molecule has 0 aliphatic heterocycles. The van der Waals surface area contributed by atoms with Crippen molar-refractivity contribution in [2.24, 2.45) is 7.05 Å². The van der Waals surface area contributed by atoms with E-state index >= 15 is 0 Å². The Morgan fingerprint density at radius 3 is 2.70 bits per heavy atom. The predicted octanol–water partition coefficient (Wildman–Crippen LogP) is 1.87. The summed E-state index contributed by atoms with van der Waals surface area (Å²) in [6, 6.07) is 0. The van der Waals surface area contributed by atoms with E-state index in [1.807, 2.05) is 11.7 Å². The highest BCUT2D eigenvalue weighted by Gasteiger charge is 2.38. The maximum Gasteiger partial charge on any atom is 0.202 e. The number of anilines is 1. The molecule has 0 radical (unpaired) electrons. The lowest BCUT2D eigenvalue weighted by molar-refractivity contribution is -0.0826. The fourth-order valence-corrected chi connectivity index (χ4v) is 3.11. The maximum atomic E-state index is 6.13. The van der Waals surface area contributed by atoms with E-state index in [4.69, 9.17) is 10.5 Å². The van der Waals surface area contributed by atoms with Crippen LogP contribution in [0.3, 0.4) is 0 Å². The molecule has 2 aromatic rings. The van der Waals surface area contributed by atoms with Crippen LogP contribution >= 0.6 is 0 Å². The van der Waals surface area contributed by atoms with E-state index in [0.29, 0.717) is 5.95 Å². The standard InChI is InChI=1S/C14H23N5O/c1-4-6-10-11-12(18(2)17-10)19(13(15)16-11)9-14(20-3)7-5-8-14/h4-9H2,1-3H3,(H2,15,16). The van der Waals surface area contributed by atoms with Gasteiger partial charge >= 0.3 is 0 Å². The van der Waals surface area contributed by atoms with Crippen molar-refractivity contribution in [3.05, 3.63) is 5.69 Å². The van der Waals surface area contributed by atoms with Crippen molar-refractivity contribution < 1.29 is 4.74 Å². The van der Waals surface area contributed by atoms with Crippen LogP contribution in [0.5, 0.6) is 0 Å². The van der Waals surface area contributed by atoms with E-state index in [1.165, 1.54) is 6.42 Å². The molecule has 1 aliphatic carbocycles. The number of methoxy groups -OCH3 is 1. The first-order chi connectivity index (χ1) is 9.60. The third-order valence-electron chi connectivity index (χ3n) is 4.45. The third kappa shape index (κ3) is 1.90. The molecule has 6 heteroatoms. The molecule has 0 bridgehead atoms. The zero-order valence-corrected chi connectivity index (χ0v) is 12.5. The lowest BCUT2D eigenvalue weighted by Gasteiger charge is -2.40. The van der Waals surface area contributed by atoms with Crippen LogP contribution in [0.2, 0.25) is 0 Å². The molecule has 0 amide bonds. The number of nitrogen functional groups attached to an aromatic ring is 1. The molecule has 20 heavy (non-hydrogen) atoms. The Balaban J connectivity index is 2.04. The first kappa shape index (κ1) is 13.4. The predicted molar refractivity (Wildman–Crippen MR) is 78.5 cm³/mol. The van der Waals surface area contributed by atoms with Gasteiger partial charge in [0.2, 0.25) is 5.95 Å². The Morgan fingerprint density at radius 2 is 2.15 bits per heavy atom. The SMILES string of the molecule is CCCc1nn(C)c2c1nc(N)n2CC1(OC)CCC1. The van der Waals surface area contributed by atoms with Gasteiger partial charge in [-0.1, -0.05) is 13.3 Å². The van der Waals surface area contributed by atoms with Crippen LogP contribution in [0, 0.1) is 0 Å². The fourth-order valence-electron chi connectivity index (χ4n) is 3.11. The van der Waals surface area contributed by atoms with Crippen LogP contribution in [0.1, 0.15) is 38.3 Å². The highest BCUT2D eigenvalue weighted by Crippen LogP contribution is 2.38. The summed E-state index contributed by atoms with van der Waals surface area (Å²) < 4.78 is 9.67. The number of nitrogens with zero attached hydrogens (tertiary/aromatic N) is 4. The van der Waals surface area contributed by atoms with Crippen molar-refractivity contribution in [3.63, 3.8) is 0 Å². The first-order valence-corrected chi connectivity index (χ1v) is 7.33. The molecule has 0 aromatic carbocycles. The van der Waals surface area contributed by atoms with Gasteiger partial charge in [-0.25, -0.2) is 4.98 Å². The molecular formula is C14H23N5O. The summed E-state index contributed by atoms with van der Waals surface area (Å²) in [7, 11) is 3.74. The van der Waals surface area contributed by atoms with E-state index in [-0.39, 0.29) is 5.60 Å². The van der Waals surface area contributed by atoms with Crippen LogP contribution in [0.4, 0.5) is 5.95 Å². The summed E-state index contributed by atoms with van der Waals surface area (Å²) in [5.41, 5.74) is 9.04. The molecule has 1 saturated carbocycles. The van der Waals surface area contributed by atoms with Gasteiger partial charge in [0, 0.05) is 14.2 Å². The van der Waals surface area contributed by atoms with E-state index < -0.39 is 0 Å². The van der Waals surface area contributed by atoms with Gasteiger partial charge in [-0.05, 0) is 25.7 Å². The quantitative estimate of drug-likeness (QED) is 0.905. The van der Waals surface area contributed by atoms with E-state index in [9.17, 15) is 0 Å². The number of aryl methyl sites for hydroxylation is 2. The lowest BCUT2D eigenvalue weighted by Crippen LogP contribution is -2.43. The van der Waals surface area contributed by atoms with Gasteiger partial charge in [0.15, 0.2) is 5.65 Å². The summed E-state index contributed by atoms with van der Waals surface area (Å²) in [6.07, 6.45) is 5.38. The van der Waals surface area contributed by atoms with Gasteiger partial charge in [0.1, 0.15) is 5.52 Å². The fraction of sp³-hybridized carbons (Fsp3) is 0.714. The van der Waals surface area contributed by atoms with Crippen molar-refractivity contribution in [1.82, 2.24) is 19.3 Å². The van der Waals surface area contributed by atoms with E-state index in [1.54, 1.807) is 7.11 Å². The topological polar surface area (TPSA) is 70.9 Å². The third-order valence-corrected chi connectivity index (χ3v) is 4.45. The average molecular weight is 277 g/mol. The number of hydrogen-bond donors (Lipinski definition) is 1. The van der Waals surface area contributed by atoms with Crippen LogP contribution in [0.15, 0.2) is 0 Å². The molecule has 2 N–H and O–H groups in total. The first-order valence-electron chi connectivity index (χ1n) is 7.33. The Labute approximate surface area is 118 Å². The second-order valence-corrected chi connectivity index (χ2v) is 5.79. The Hall–Kier alpha value is -1.56. The van der Waals surface area contributed by atoms with Crippen molar-refractivity contribution >= 4 is 17.1 Å². The molecule has 110 valence electrons. The van der Waals surface area contributed by atoms with Crippen molar-refractivity contribution in [3.8, 4) is 0 Å². The van der Waals surface area contributed by atoms with Crippen molar-refractivity contribution in [2.75, 3.05) is 12.8 Å². The molecule has 3 rings (SSSR count).